The average Bonchev–Trinajstić information content (AvgIpc) is 2.95. The SMILES string of the molecule is O=C(O)C1CCCCC1N1CC2(CC2)C1. The summed E-state index contributed by atoms with van der Waals surface area (Å²) in [7, 11) is 0. The Kier molecular flexibility index (Phi) is 2.06. The van der Waals surface area contributed by atoms with E-state index in [1.54, 1.807) is 0 Å². The second kappa shape index (κ2) is 3.21. The molecule has 0 bridgehead atoms. The Morgan fingerprint density at radius 2 is 1.87 bits per heavy atom. The number of carbonyl (C=O) groups is 1. The minimum atomic E-state index is -0.573. The molecule has 1 saturated heterocycles. The first-order valence-electron chi connectivity index (χ1n) is 6.17. The van der Waals surface area contributed by atoms with Crippen LogP contribution >= 0.6 is 0 Å². The Hall–Kier alpha value is -0.570. The van der Waals surface area contributed by atoms with Gasteiger partial charge in [-0.1, -0.05) is 12.8 Å². The van der Waals surface area contributed by atoms with Crippen LogP contribution < -0.4 is 0 Å². The van der Waals surface area contributed by atoms with E-state index >= 15 is 0 Å². The maximum Gasteiger partial charge on any atom is 0.308 e. The second-order valence-corrected chi connectivity index (χ2v) is 5.70. The first-order chi connectivity index (χ1) is 7.20. The van der Waals surface area contributed by atoms with Crippen LogP contribution in [0.2, 0.25) is 0 Å². The van der Waals surface area contributed by atoms with Gasteiger partial charge < -0.3 is 5.11 Å². The molecule has 84 valence electrons. The quantitative estimate of drug-likeness (QED) is 0.753. The summed E-state index contributed by atoms with van der Waals surface area (Å²) in [6.45, 7) is 2.36. The van der Waals surface area contributed by atoms with Crippen LogP contribution in [0.3, 0.4) is 0 Å². The van der Waals surface area contributed by atoms with Crippen molar-refractivity contribution in [3.8, 4) is 0 Å². The molecule has 0 aromatic heterocycles. The summed E-state index contributed by atoms with van der Waals surface area (Å²) in [6.07, 6.45) is 7.09. The fourth-order valence-corrected chi connectivity index (χ4v) is 3.38. The van der Waals surface area contributed by atoms with E-state index in [-0.39, 0.29) is 5.92 Å². The summed E-state index contributed by atoms with van der Waals surface area (Å²) in [5, 5.41) is 9.20. The molecular weight excluding hydrogens is 190 g/mol. The smallest absolute Gasteiger partial charge is 0.308 e. The van der Waals surface area contributed by atoms with Crippen LogP contribution in [0.4, 0.5) is 0 Å². The number of likely N-dealkylation sites (tertiary alicyclic amines) is 1. The van der Waals surface area contributed by atoms with Crippen molar-refractivity contribution < 1.29 is 9.90 Å². The number of carboxylic acids is 1. The minimum Gasteiger partial charge on any atom is -0.481 e. The lowest BCUT2D eigenvalue weighted by molar-refractivity contribution is -0.147. The van der Waals surface area contributed by atoms with Crippen molar-refractivity contribution in [2.75, 3.05) is 13.1 Å². The van der Waals surface area contributed by atoms with Crippen molar-refractivity contribution in [3.63, 3.8) is 0 Å². The van der Waals surface area contributed by atoms with Crippen LogP contribution in [0.1, 0.15) is 38.5 Å². The third-order valence-corrected chi connectivity index (χ3v) is 4.55. The summed E-state index contributed by atoms with van der Waals surface area (Å²) in [4.78, 5) is 13.6. The summed E-state index contributed by atoms with van der Waals surface area (Å²) in [5.74, 6) is -0.661. The molecule has 3 rings (SSSR count). The summed E-state index contributed by atoms with van der Waals surface area (Å²) < 4.78 is 0. The van der Waals surface area contributed by atoms with Gasteiger partial charge in [-0.15, -0.1) is 0 Å². The van der Waals surface area contributed by atoms with Gasteiger partial charge in [0.1, 0.15) is 0 Å². The fraction of sp³-hybridized carbons (Fsp3) is 0.917. The van der Waals surface area contributed by atoms with E-state index in [2.05, 4.69) is 4.90 Å². The molecule has 3 fully saturated rings. The van der Waals surface area contributed by atoms with Crippen LogP contribution in [0.25, 0.3) is 0 Å². The number of hydrogen-bond acceptors (Lipinski definition) is 2. The normalized spacial score (nSPS) is 38.7. The molecule has 2 aliphatic carbocycles. The van der Waals surface area contributed by atoms with E-state index in [1.807, 2.05) is 0 Å². The molecule has 3 aliphatic rings. The third-order valence-electron chi connectivity index (χ3n) is 4.55. The number of carboxylic acid groups (broad SMARTS) is 1. The largest absolute Gasteiger partial charge is 0.481 e. The lowest BCUT2D eigenvalue weighted by Gasteiger charge is -2.48. The molecule has 1 spiro atoms. The Balaban J connectivity index is 1.64. The topological polar surface area (TPSA) is 40.5 Å². The average molecular weight is 209 g/mol. The van der Waals surface area contributed by atoms with Crippen LogP contribution in [-0.2, 0) is 4.79 Å². The van der Waals surface area contributed by atoms with Gasteiger partial charge in [0, 0.05) is 19.1 Å². The molecule has 2 saturated carbocycles. The van der Waals surface area contributed by atoms with Crippen LogP contribution in [0, 0.1) is 11.3 Å². The zero-order chi connectivity index (χ0) is 10.5. The van der Waals surface area contributed by atoms with Crippen LogP contribution in [0.5, 0.6) is 0 Å². The van der Waals surface area contributed by atoms with Gasteiger partial charge in [0.05, 0.1) is 5.92 Å². The van der Waals surface area contributed by atoms with Crippen LogP contribution in [0.15, 0.2) is 0 Å². The van der Waals surface area contributed by atoms with Gasteiger partial charge in [-0.25, -0.2) is 0 Å². The van der Waals surface area contributed by atoms with Crippen molar-refractivity contribution in [1.82, 2.24) is 4.90 Å². The number of hydrogen-bond donors (Lipinski definition) is 1. The Morgan fingerprint density at radius 1 is 1.20 bits per heavy atom. The van der Waals surface area contributed by atoms with Gasteiger partial charge in [0.2, 0.25) is 0 Å². The summed E-state index contributed by atoms with van der Waals surface area (Å²) >= 11 is 0. The van der Waals surface area contributed by atoms with Crippen molar-refractivity contribution >= 4 is 5.97 Å². The molecule has 0 aromatic carbocycles. The highest BCUT2D eigenvalue weighted by Gasteiger charge is 2.55. The van der Waals surface area contributed by atoms with E-state index in [9.17, 15) is 9.90 Å². The molecule has 1 heterocycles. The molecule has 2 unspecified atom stereocenters. The Morgan fingerprint density at radius 3 is 2.47 bits per heavy atom. The maximum absolute atomic E-state index is 11.2. The minimum absolute atomic E-state index is 0.0881. The molecular formula is C12H19NO2. The summed E-state index contributed by atoms with van der Waals surface area (Å²) in [6, 6.07) is 0.350. The monoisotopic (exact) mass is 209 g/mol. The zero-order valence-corrected chi connectivity index (χ0v) is 9.11. The van der Waals surface area contributed by atoms with E-state index in [4.69, 9.17) is 0 Å². The number of nitrogens with zero attached hydrogens (tertiary/aromatic N) is 1. The summed E-state index contributed by atoms with van der Waals surface area (Å²) in [5.41, 5.74) is 0.653. The highest BCUT2D eigenvalue weighted by Crippen LogP contribution is 2.54. The number of rotatable bonds is 2. The highest BCUT2D eigenvalue weighted by molar-refractivity contribution is 5.71. The lowest BCUT2D eigenvalue weighted by Crippen LogP contribution is -2.57. The Bertz CT molecular complexity index is 277. The molecule has 0 aromatic rings. The zero-order valence-electron chi connectivity index (χ0n) is 9.11. The maximum atomic E-state index is 11.2. The first kappa shape index (κ1) is 9.64. The van der Waals surface area contributed by atoms with Gasteiger partial charge in [-0.2, -0.15) is 0 Å². The predicted molar refractivity (Wildman–Crippen MR) is 56.6 cm³/mol. The van der Waals surface area contributed by atoms with E-state index < -0.39 is 5.97 Å². The third kappa shape index (κ3) is 1.57. The molecule has 0 radical (unpaired) electrons. The van der Waals surface area contributed by atoms with E-state index in [0.717, 1.165) is 19.3 Å². The molecule has 1 N–H and O–H groups in total. The standard InChI is InChI=1S/C12H19NO2/c14-11(15)9-3-1-2-4-10(9)13-7-12(8-13)5-6-12/h9-10H,1-8H2,(H,14,15). The van der Waals surface area contributed by atoms with Crippen molar-refractivity contribution in [1.29, 1.82) is 0 Å². The number of aliphatic carboxylic acids is 1. The fourth-order valence-electron chi connectivity index (χ4n) is 3.38. The Labute approximate surface area is 90.5 Å². The molecule has 15 heavy (non-hydrogen) atoms. The van der Waals surface area contributed by atoms with E-state index in [1.165, 1.54) is 32.4 Å². The van der Waals surface area contributed by atoms with E-state index in [0.29, 0.717) is 11.5 Å². The molecule has 2 atom stereocenters. The van der Waals surface area contributed by atoms with Gasteiger partial charge in [0.15, 0.2) is 0 Å². The van der Waals surface area contributed by atoms with Gasteiger partial charge in [-0.05, 0) is 31.1 Å². The van der Waals surface area contributed by atoms with Crippen molar-refractivity contribution in [2.24, 2.45) is 11.3 Å². The van der Waals surface area contributed by atoms with Gasteiger partial charge in [-0.3, -0.25) is 9.69 Å². The molecule has 3 nitrogen and oxygen atoms in total. The predicted octanol–water partition coefficient (Wildman–Crippen LogP) is 1.73. The van der Waals surface area contributed by atoms with Crippen molar-refractivity contribution in [2.45, 2.75) is 44.6 Å². The lowest BCUT2D eigenvalue weighted by atomic mass is 9.80. The van der Waals surface area contributed by atoms with Crippen molar-refractivity contribution in [3.05, 3.63) is 0 Å². The first-order valence-corrected chi connectivity index (χ1v) is 6.17. The highest BCUT2D eigenvalue weighted by atomic mass is 16.4. The van der Waals surface area contributed by atoms with Crippen LogP contribution in [-0.4, -0.2) is 35.1 Å². The molecule has 0 amide bonds. The molecule has 3 heteroatoms. The van der Waals surface area contributed by atoms with Gasteiger partial charge >= 0.3 is 5.97 Å². The molecule has 1 aliphatic heterocycles. The second-order valence-electron chi connectivity index (χ2n) is 5.70. The van der Waals surface area contributed by atoms with Gasteiger partial charge in [0.25, 0.3) is 0 Å².